The number of hydrogen-bond donors (Lipinski definition) is 1. The third-order valence-electron chi connectivity index (χ3n) is 5.51. The van der Waals surface area contributed by atoms with Crippen LogP contribution in [0.1, 0.15) is 68.5 Å². The highest BCUT2D eigenvalue weighted by Crippen LogP contribution is 2.27. The molecule has 3 nitrogen and oxygen atoms in total. The van der Waals surface area contributed by atoms with Crippen molar-refractivity contribution in [2.75, 3.05) is 6.26 Å². The van der Waals surface area contributed by atoms with Gasteiger partial charge < -0.3 is 0 Å². The van der Waals surface area contributed by atoms with E-state index in [-0.39, 0.29) is 0 Å². The van der Waals surface area contributed by atoms with E-state index < -0.39 is 0 Å². The minimum Gasteiger partial charge on any atom is -0.267 e. The lowest BCUT2D eigenvalue weighted by atomic mass is 9.91. The van der Waals surface area contributed by atoms with Crippen molar-refractivity contribution in [2.24, 2.45) is 4.99 Å². The van der Waals surface area contributed by atoms with E-state index in [9.17, 15) is 0 Å². The zero-order chi connectivity index (χ0) is 26.9. The van der Waals surface area contributed by atoms with Crippen molar-refractivity contribution < 1.29 is 0 Å². The van der Waals surface area contributed by atoms with Crippen LogP contribution in [-0.2, 0) is 12.8 Å². The molecule has 0 N–H and O–H groups in total. The van der Waals surface area contributed by atoms with Crippen LogP contribution in [0.3, 0.4) is 0 Å². The Bertz CT molecular complexity index is 1120. The first-order valence-corrected chi connectivity index (χ1v) is 13.5. The van der Waals surface area contributed by atoms with Gasteiger partial charge in [0.1, 0.15) is 0 Å². The van der Waals surface area contributed by atoms with Gasteiger partial charge in [-0.2, -0.15) is 22.8 Å². The lowest BCUT2D eigenvalue weighted by Gasteiger charge is -2.14. The minimum absolute atomic E-state index is 0.879. The van der Waals surface area contributed by atoms with Gasteiger partial charge in [-0.15, -0.1) is 0 Å². The van der Waals surface area contributed by atoms with Gasteiger partial charge in [0.2, 0.25) is 0 Å². The molecule has 0 atom stereocenters. The average molecular weight is 502 g/mol. The molecule has 0 unspecified atom stereocenters. The maximum atomic E-state index is 4.37. The smallest absolute Gasteiger partial charge is 0.0929 e. The summed E-state index contributed by atoms with van der Waals surface area (Å²) in [4.78, 5) is 3.98. The van der Waals surface area contributed by atoms with Gasteiger partial charge in [0, 0.05) is 17.5 Å². The van der Waals surface area contributed by atoms with E-state index in [1.54, 1.807) is 12.5 Å². The monoisotopic (exact) mass is 501 g/mol. The Morgan fingerprint density at radius 2 is 1.69 bits per heavy atom. The molecule has 0 saturated heterocycles. The van der Waals surface area contributed by atoms with E-state index in [0.29, 0.717) is 0 Å². The summed E-state index contributed by atoms with van der Waals surface area (Å²) in [6, 6.07) is 19.2. The Morgan fingerprint density at radius 1 is 0.972 bits per heavy atom. The molecule has 0 aliphatic heterocycles. The van der Waals surface area contributed by atoms with E-state index in [0.717, 1.165) is 35.5 Å². The molecule has 0 fully saturated rings. The van der Waals surface area contributed by atoms with Crippen molar-refractivity contribution in [2.45, 2.75) is 67.2 Å². The molecule has 3 rings (SSSR count). The minimum atomic E-state index is 0.879. The zero-order valence-corrected chi connectivity index (χ0v) is 24.1. The third kappa shape index (κ3) is 10.7. The molecule has 3 aromatic rings. The predicted octanol–water partition coefficient (Wildman–Crippen LogP) is 8.91. The van der Waals surface area contributed by atoms with Crippen LogP contribution < -0.4 is 0 Å². The molecule has 192 valence electrons. The van der Waals surface area contributed by atoms with Crippen molar-refractivity contribution in [3.63, 3.8) is 0 Å². The highest BCUT2D eigenvalue weighted by Gasteiger charge is 2.10. The maximum Gasteiger partial charge on any atom is 0.0929 e. The number of allylic oxidation sites excluding steroid dienone is 2. The number of nitrogens with zero attached hydrogens (tertiary/aromatic N) is 3. The number of hydrogen-bond acceptors (Lipinski definition) is 4. The summed E-state index contributed by atoms with van der Waals surface area (Å²) in [7, 11) is 0. The Morgan fingerprint density at radius 3 is 2.25 bits per heavy atom. The van der Waals surface area contributed by atoms with Gasteiger partial charge in [-0.3, -0.25) is 4.99 Å². The fourth-order valence-corrected chi connectivity index (χ4v) is 3.63. The van der Waals surface area contributed by atoms with Gasteiger partial charge in [0.05, 0.1) is 11.4 Å². The lowest BCUT2D eigenvalue weighted by Crippen LogP contribution is -1.99. The second kappa shape index (κ2) is 17.4. The molecule has 0 aliphatic rings. The molecule has 36 heavy (non-hydrogen) atoms. The fraction of sp³-hybridized carbons (Fsp3) is 0.344. The number of unbranched alkanes of at least 4 members (excludes halogenated alkanes) is 1. The van der Waals surface area contributed by atoms with Crippen molar-refractivity contribution in [1.29, 1.82) is 0 Å². The highest BCUT2D eigenvalue weighted by atomic mass is 32.1. The van der Waals surface area contributed by atoms with Gasteiger partial charge >= 0.3 is 0 Å². The number of aromatic nitrogens is 2. The number of aryl methyl sites for hydroxylation is 3. The SMILES string of the molecule is C/C=C\N=C(C)C.C=C(Cc1ccc(-c2ccc(C)nn2)cc1CCCC)c1ccccc1C.CS. The fourth-order valence-electron chi connectivity index (χ4n) is 3.63. The largest absolute Gasteiger partial charge is 0.267 e. The summed E-state index contributed by atoms with van der Waals surface area (Å²) in [5.41, 5.74) is 10.6. The van der Waals surface area contributed by atoms with E-state index in [4.69, 9.17) is 0 Å². The van der Waals surface area contributed by atoms with E-state index in [1.807, 2.05) is 45.9 Å². The van der Waals surface area contributed by atoms with Crippen LogP contribution in [0, 0.1) is 13.8 Å². The van der Waals surface area contributed by atoms with Gasteiger partial charge in [-0.1, -0.05) is 62.4 Å². The van der Waals surface area contributed by atoms with Gasteiger partial charge in [0.15, 0.2) is 0 Å². The third-order valence-corrected chi connectivity index (χ3v) is 5.51. The van der Waals surface area contributed by atoms with E-state index >= 15 is 0 Å². The van der Waals surface area contributed by atoms with Crippen LogP contribution in [-0.4, -0.2) is 22.2 Å². The van der Waals surface area contributed by atoms with Crippen LogP contribution in [0.25, 0.3) is 16.8 Å². The summed E-state index contributed by atoms with van der Waals surface area (Å²) in [5, 5.41) is 8.56. The summed E-state index contributed by atoms with van der Waals surface area (Å²) in [6.07, 6.45) is 9.73. The number of thiol groups is 1. The van der Waals surface area contributed by atoms with Crippen LogP contribution in [0.5, 0.6) is 0 Å². The molecule has 0 spiro atoms. The van der Waals surface area contributed by atoms with Gasteiger partial charge in [-0.05, 0) is 106 Å². The number of rotatable bonds is 8. The summed E-state index contributed by atoms with van der Waals surface area (Å²) < 4.78 is 0. The Kier molecular flexibility index (Phi) is 15.1. The van der Waals surface area contributed by atoms with Crippen LogP contribution in [0.4, 0.5) is 0 Å². The summed E-state index contributed by atoms with van der Waals surface area (Å²) in [5.74, 6) is 0. The summed E-state index contributed by atoms with van der Waals surface area (Å²) in [6.45, 7) is 16.6. The van der Waals surface area contributed by atoms with Crippen LogP contribution >= 0.6 is 12.6 Å². The molecule has 0 saturated carbocycles. The zero-order valence-electron chi connectivity index (χ0n) is 23.2. The normalized spacial score (nSPS) is 10.1. The number of benzene rings is 2. The van der Waals surface area contributed by atoms with Crippen LogP contribution in [0.2, 0.25) is 0 Å². The lowest BCUT2D eigenvalue weighted by molar-refractivity contribution is 0.789. The van der Waals surface area contributed by atoms with Gasteiger partial charge in [-0.25, -0.2) is 0 Å². The Labute approximate surface area is 224 Å². The maximum absolute atomic E-state index is 4.37. The first-order valence-electron chi connectivity index (χ1n) is 12.6. The Balaban J connectivity index is 0.000000623. The summed E-state index contributed by atoms with van der Waals surface area (Å²) >= 11 is 3.53. The second-order valence-electron chi connectivity index (χ2n) is 8.80. The van der Waals surface area contributed by atoms with Crippen molar-refractivity contribution in [1.82, 2.24) is 10.2 Å². The molecular formula is C32H43N3S. The average Bonchev–Trinajstić information content (AvgIpc) is 2.89. The molecule has 0 aliphatic carbocycles. The van der Waals surface area contributed by atoms with Crippen LogP contribution in [0.15, 0.2) is 78.4 Å². The first-order chi connectivity index (χ1) is 17.3. The van der Waals surface area contributed by atoms with Gasteiger partial charge in [0.25, 0.3) is 0 Å². The number of aliphatic imine (C=N–C) groups is 1. The van der Waals surface area contributed by atoms with Crippen molar-refractivity contribution >= 4 is 23.9 Å². The molecule has 1 heterocycles. The highest BCUT2D eigenvalue weighted by molar-refractivity contribution is 7.79. The first kappa shape index (κ1) is 31.1. The van der Waals surface area contributed by atoms with E-state index in [1.165, 1.54) is 40.7 Å². The molecule has 0 bridgehead atoms. The standard InChI is InChI=1S/C25H28N2.C6H11N.CH4S/c1-5-6-10-21-17-23(25-15-12-20(4)26-27-25)14-13-22(21)16-19(3)24-11-8-7-9-18(24)2;1-4-5-7-6(2)3;1-2/h7-9,11-15,17H,3,5-6,10,16H2,1-2,4H3;4-5H,1-3H3;2H,1H3/b;5-4-;. The predicted molar refractivity (Wildman–Crippen MR) is 163 cm³/mol. The van der Waals surface area contributed by atoms with Crippen molar-refractivity contribution in [3.05, 3.63) is 101 Å². The quantitative estimate of drug-likeness (QED) is 0.247. The molecule has 0 radical (unpaired) electrons. The molecular weight excluding hydrogens is 458 g/mol. The van der Waals surface area contributed by atoms with E-state index in [2.05, 4.69) is 90.7 Å². The second-order valence-corrected chi connectivity index (χ2v) is 8.80. The Hall–Kier alpha value is -2.98. The topological polar surface area (TPSA) is 38.1 Å². The molecule has 0 amide bonds. The molecule has 2 aromatic carbocycles. The van der Waals surface area contributed by atoms with Crippen molar-refractivity contribution in [3.8, 4) is 11.3 Å². The molecule has 1 aromatic heterocycles. The molecule has 4 heteroatoms.